The lowest BCUT2D eigenvalue weighted by Gasteiger charge is -2.20. The summed E-state index contributed by atoms with van der Waals surface area (Å²) in [5, 5.41) is 8.99. The maximum Gasteiger partial charge on any atom is 0.335 e. The van der Waals surface area contributed by atoms with Gasteiger partial charge in [0, 0.05) is 11.6 Å². The fourth-order valence-corrected chi connectivity index (χ4v) is 3.36. The molecule has 5 nitrogen and oxygen atoms in total. The average molecular weight is 333 g/mol. The summed E-state index contributed by atoms with van der Waals surface area (Å²) < 4.78 is 0. The molecule has 0 saturated heterocycles. The van der Waals surface area contributed by atoms with Crippen LogP contribution in [0.15, 0.2) is 42.6 Å². The molecule has 0 radical (unpaired) electrons. The van der Waals surface area contributed by atoms with Crippen molar-refractivity contribution in [3.63, 3.8) is 0 Å². The molecule has 0 aliphatic heterocycles. The quantitative estimate of drug-likeness (QED) is 0.750. The van der Waals surface area contributed by atoms with Crippen molar-refractivity contribution < 1.29 is 9.90 Å². The molecule has 2 heterocycles. The van der Waals surface area contributed by atoms with Gasteiger partial charge in [0.25, 0.3) is 0 Å². The lowest BCUT2D eigenvalue weighted by Crippen LogP contribution is -2.12. The fraction of sp³-hybridized carbons (Fsp3) is 0.250. The van der Waals surface area contributed by atoms with E-state index < -0.39 is 5.97 Å². The number of fused-ring (bicyclic) bond motifs is 1. The summed E-state index contributed by atoms with van der Waals surface area (Å²) >= 11 is 0. The third-order valence-corrected chi connectivity index (χ3v) is 4.80. The number of carboxylic acid groups (broad SMARTS) is 1. The number of nitrogens with one attached hydrogen (secondary N) is 1. The first-order valence-corrected chi connectivity index (χ1v) is 8.51. The normalized spacial score (nSPS) is 16.4. The van der Waals surface area contributed by atoms with Crippen molar-refractivity contribution in [1.29, 1.82) is 0 Å². The van der Waals surface area contributed by atoms with Gasteiger partial charge in [0.05, 0.1) is 28.8 Å². The van der Waals surface area contributed by atoms with Gasteiger partial charge in [0.15, 0.2) is 0 Å². The Morgan fingerprint density at radius 2 is 1.92 bits per heavy atom. The number of benzene rings is 1. The Balaban J connectivity index is 1.65. The molecular formula is C20H19N3O2. The van der Waals surface area contributed by atoms with Gasteiger partial charge in [-0.1, -0.05) is 19.1 Å². The third kappa shape index (κ3) is 2.93. The van der Waals surface area contributed by atoms with Gasteiger partial charge in [0.1, 0.15) is 5.69 Å². The van der Waals surface area contributed by atoms with E-state index >= 15 is 0 Å². The van der Waals surface area contributed by atoms with E-state index in [1.165, 1.54) is 6.42 Å². The van der Waals surface area contributed by atoms with Crippen molar-refractivity contribution in [2.24, 2.45) is 0 Å². The zero-order valence-electron chi connectivity index (χ0n) is 14.0. The van der Waals surface area contributed by atoms with Gasteiger partial charge >= 0.3 is 5.97 Å². The van der Waals surface area contributed by atoms with E-state index in [9.17, 15) is 4.79 Å². The Labute approximate surface area is 145 Å². The summed E-state index contributed by atoms with van der Waals surface area (Å²) in [7, 11) is 0. The summed E-state index contributed by atoms with van der Waals surface area (Å²) in [4.78, 5) is 23.8. The number of nitrogens with zero attached hydrogens (tertiary/aromatic N) is 2. The average Bonchev–Trinajstić information content (AvgIpc) is 3.12. The molecule has 4 rings (SSSR count). The number of hydrogen-bond acceptors (Lipinski definition) is 3. The van der Waals surface area contributed by atoms with Crippen LogP contribution in [0.2, 0.25) is 0 Å². The van der Waals surface area contributed by atoms with Crippen molar-refractivity contribution in [3.05, 3.63) is 59.5 Å². The van der Waals surface area contributed by atoms with Crippen LogP contribution in [0.1, 0.15) is 47.4 Å². The Morgan fingerprint density at radius 1 is 1.16 bits per heavy atom. The number of carboxylic acids is 1. The second kappa shape index (κ2) is 6.16. The molecule has 3 aromatic rings. The first-order chi connectivity index (χ1) is 12.1. The van der Waals surface area contributed by atoms with Crippen molar-refractivity contribution in [1.82, 2.24) is 15.0 Å². The number of rotatable bonds is 3. The topological polar surface area (TPSA) is 78.9 Å². The molecule has 2 aromatic heterocycles. The van der Waals surface area contributed by atoms with Gasteiger partial charge in [-0.25, -0.2) is 9.78 Å². The van der Waals surface area contributed by atoms with Gasteiger partial charge in [-0.15, -0.1) is 0 Å². The van der Waals surface area contributed by atoms with Crippen LogP contribution < -0.4 is 0 Å². The SMILES string of the molecule is CC1CCCc2ncc(-c3ccc(-c4ccc(C(=O)O)cc4)[nH]3)nc21. The van der Waals surface area contributed by atoms with Crippen LogP contribution in [0.5, 0.6) is 0 Å². The first-order valence-electron chi connectivity index (χ1n) is 8.51. The smallest absolute Gasteiger partial charge is 0.335 e. The molecule has 1 aromatic carbocycles. The highest BCUT2D eigenvalue weighted by atomic mass is 16.4. The number of aromatic amines is 1. The minimum absolute atomic E-state index is 0.282. The number of carbonyl (C=O) groups is 1. The predicted molar refractivity (Wildman–Crippen MR) is 95.6 cm³/mol. The number of hydrogen-bond donors (Lipinski definition) is 2. The van der Waals surface area contributed by atoms with E-state index in [0.717, 1.165) is 46.9 Å². The predicted octanol–water partition coefficient (Wildman–Crippen LogP) is 4.28. The summed E-state index contributed by atoms with van der Waals surface area (Å²) in [6.45, 7) is 2.21. The second-order valence-corrected chi connectivity index (χ2v) is 6.55. The Bertz CT molecular complexity index is 928. The standard InChI is InChI=1S/C20H19N3O2/c1-12-3-2-4-17-19(12)23-18(11-21-17)16-10-9-15(22-16)13-5-7-14(8-6-13)20(24)25/h5-12,22H,2-4H2,1H3,(H,24,25). The number of aryl methyl sites for hydroxylation is 1. The van der Waals surface area contributed by atoms with E-state index in [1.807, 2.05) is 18.3 Å². The van der Waals surface area contributed by atoms with Gasteiger partial charge in [-0.05, 0) is 49.1 Å². The summed E-state index contributed by atoms with van der Waals surface area (Å²) in [5.74, 6) is -0.466. The maximum absolute atomic E-state index is 11.0. The molecule has 1 unspecified atom stereocenters. The summed E-state index contributed by atoms with van der Waals surface area (Å²) in [5.41, 5.74) is 6.16. The molecule has 2 N–H and O–H groups in total. The molecule has 1 aliphatic carbocycles. The van der Waals surface area contributed by atoms with Crippen LogP contribution in [0.3, 0.4) is 0 Å². The van der Waals surface area contributed by atoms with Crippen LogP contribution >= 0.6 is 0 Å². The van der Waals surface area contributed by atoms with Gasteiger partial charge in [0.2, 0.25) is 0 Å². The highest BCUT2D eigenvalue weighted by molar-refractivity contribution is 5.88. The van der Waals surface area contributed by atoms with Crippen molar-refractivity contribution in [3.8, 4) is 22.6 Å². The highest BCUT2D eigenvalue weighted by Gasteiger charge is 2.20. The number of H-pyrrole nitrogens is 1. The third-order valence-electron chi connectivity index (χ3n) is 4.80. The van der Waals surface area contributed by atoms with Crippen molar-refractivity contribution in [2.75, 3.05) is 0 Å². The number of aromatic carboxylic acids is 1. The van der Waals surface area contributed by atoms with E-state index in [4.69, 9.17) is 10.1 Å². The lowest BCUT2D eigenvalue weighted by molar-refractivity contribution is 0.0697. The Hall–Kier alpha value is -2.95. The molecular weight excluding hydrogens is 314 g/mol. The largest absolute Gasteiger partial charge is 0.478 e. The van der Waals surface area contributed by atoms with Crippen LogP contribution in [-0.4, -0.2) is 26.0 Å². The van der Waals surface area contributed by atoms with Crippen LogP contribution in [0.25, 0.3) is 22.6 Å². The zero-order chi connectivity index (χ0) is 17.4. The molecule has 25 heavy (non-hydrogen) atoms. The van der Waals surface area contributed by atoms with E-state index in [-0.39, 0.29) is 5.56 Å². The molecule has 0 saturated carbocycles. The van der Waals surface area contributed by atoms with E-state index in [1.54, 1.807) is 24.3 Å². The molecule has 0 amide bonds. The van der Waals surface area contributed by atoms with E-state index in [2.05, 4.69) is 16.9 Å². The minimum Gasteiger partial charge on any atom is -0.478 e. The molecule has 0 bridgehead atoms. The van der Waals surface area contributed by atoms with Crippen LogP contribution in [-0.2, 0) is 6.42 Å². The van der Waals surface area contributed by atoms with Crippen molar-refractivity contribution in [2.45, 2.75) is 32.1 Å². The van der Waals surface area contributed by atoms with Gasteiger partial charge in [-0.2, -0.15) is 0 Å². The molecule has 5 heteroatoms. The molecule has 0 spiro atoms. The van der Waals surface area contributed by atoms with Crippen LogP contribution in [0.4, 0.5) is 0 Å². The molecule has 126 valence electrons. The highest BCUT2D eigenvalue weighted by Crippen LogP contribution is 2.30. The minimum atomic E-state index is -0.919. The molecule has 1 aliphatic rings. The number of aromatic nitrogens is 3. The monoisotopic (exact) mass is 333 g/mol. The van der Waals surface area contributed by atoms with Gasteiger partial charge < -0.3 is 10.1 Å². The molecule has 1 atom stereocenters. The van der Waals surface area contributed by atoms with E-state index in [0.29, 0.717) is 5.92 Å². The lowest BCUT2D eigenvalue weighted by atomic mass is 9.91. The van der Waals surface area contributed by atoms with Gasteiger partial charge in [-0.3, -0.25) is 4.98 Å². The summed E-state index contributed by atoms with van der Waals surface area (Å²) in [6, 6.07) is 10.8. The molecule has 0 fully saturated rings. The summed E-state index contributed by atoms with van der Waals surface area (Å²) in [6.07, 6.45) is 5.19. The first kappa shape index (κ1) is 15.6. The zero-order valence-corrected chi connectivity index (χ0v) is 14.0. The van der Waals surface area contributed by atoms with Crippen molar-refractivity contribution >= 4 is 5.97 Å². The fourth-order valence-electron chi connectivity index (χ4n) is 3.36. The Kier molecular flexibility index (Phi) is 3.84. The Morgan fingerprint density at radius 3 is 2.68 bits per heavy atom. The maximum atomic E-state index is 11.0. The van der Waals surface area contributed by atoms with Crippen LogP contribution in [0, 0.1) is 0 Å². The second-order valence-electron chi connectivity index (χ2n) is 6.55.